The first kappa shape index (κ1) is 21.2. The van der Waals surface area contributed by atoms with E-state index in [1.807, 2.05) is 26.0 Å². The second kappa shape index (κ2) is 9.41. The van der Waals surface area contributed by atoms with E-state index in [2.05, 4.69) is 44.6 Å². The van der Waals surface area contributed by atoms with Gasteiger partial charge in [0.25, 0.3) is 5.91 Å². The predicted octanol–water partition coefficient (Wildman–Crippen LogP) is 2.77. The van der Waals surface area contributed by atoms with Crippen LogP contribution in [0.4, 0.5) is 0 Å². The van der Waals surface area contributed by atoms with Crippen molar-refractivity contribution in [1.82, 2.24) is 25.0 Å². The zero-order valence-corrected chi connectivity index (χ0v) is 18.1. The lowest BCUT2D eigenvalue weighted by Crippen LogP contribution is -2.35. The molecule has 0 bridgehead atoms. The number of nitrogens with zero attached hydrogens (tertiary/aromatic N) is 4. The number of rotatable bonds is 6. The summed E-state index contributed by atoms with van der Waals surface area (Å²) in [5, 5.41) is 17.0. The predicted molar refractivity (Wildman–Crippen MR) is 119 cm³/mol. The van der Waals surface area contributed by atoms with Crippen LogP contribution in [0.5, 0.6) is 0 Å². The molecule has 0 aliphatic carbocycles. The van der Waals surface area contributed by atoms with Crippen molar-refractivity contribution in [1.29, 1.82) is 0 Å². The molecule has 7 nitrogen and oxygen atoms in total. The topological polar surface area (TPSA) is 83.3 Å². The fourth-order valence-electron chi connectivity index (χ4n) is 3.89. The number of hydrogen-bond acceptors (Lipinski definition) is 5. The van der Waals surface area contributed by atoms with Gasteiger partial charge < -0.3 is 10.4 Å². The Morgan fingerprint density at radius 2 is 1.81 bits per heavy atom. The van der Waals surface area contributed by atoms with Crippen molar-refractivity contribution in [2.45, 2.75) is 45.9 Å². The van der Waals surface area contributed by atoms with E-state index in [1.165, 1.54) is 5.56 Å². The van der Waals surface area contributed by atoms with Gasteiger partial charge in [0, 0.05) is 38.1 Å². The van der Waals surface area contributed by atoms with Gasteiger partial charge in [-0.25, -0.2) is 9.67 Å². The van der Waals surface area contributed by atoms with Crippen LogP contribution in [0.15, 0.2) is 48.7 Å². The van der Waals surface area contributed by atoms with Crippen molar-refractivity contribution in [2.24, 2.45) is 0 Å². The first-order chi connectivity index (χ1) is 15.0. The van der Waals surface area contributed by atoms with Crippen molar-refractivity contribution >= 4 is 5.91 Å². The number of carbonyl (C=O) groups excluding carboxylic acids is 1. The second-order valence-electron chi connectivity index (χ2n) is 8.25. The molecule has 3 aromatic rings. The van der Waals surface area contributed by atoms with E-state index in [0.29, 0.717) is 17.9 Å². The molecular formula is C24H29N5O2. The Hall–Kier alpha value is -3.03. The van der Waals surface area contributed by atoms with Gasteiger partial charge in [0.05, 0.1) is 17.4 Å². The molecule has 0 radical (unpaired) electrons. The maximum Gasteiger partial charge on any atom is 0.253 e. The highest BCUT2D eigenvalue weighted by Crippen LogP contribution is 2.15. The summed E-state index contributed by atoms with van der Waals surface area (Å²) in [6.07, 6.45) is 3.13. The van der Waals surface area contributed by atoms with Gasteiger partial charge in [-0.1, -0.05) is 24.3 Å². The highest BCUT2D eigenvalue weighted by atomic mass is 16.3. The molecule has 2 aromatic heterocycles. The number of nitrogens with one attached hydrogen (secondary N) is 1. The van der Waals surface area contributed by atoms with Gasteiger partial charge in [-0.15, -0.1) is 0 Å². The Balaban J connectivity index is 1.29. The minimum absolute atomic E-state index is 0.146. The van der Waals surface area contributed by atoms with E-state index < -0.39 is 0 Å². The lowest BCUT2D eigenvalue weighted by Gasteiger charge is -2.29. The van der Waals surface area contributed by atoms with Gasteiger partial charge in [-0.05, 0) is 56.0 Å². The smallest absolute Gasteiger partial charge is 0.253 e. The van der Waals surface area contributed by atoms with Crippen LogP contribution in [0, 0.1) is 13.8 Å². The molecule has 1 fully saturated rings. The van der Waals surface area contributed by atoms with Gasteiger partial charge in [0.15, 0.2) is 5.82 Å². The summed E-state index contributed by atoms with van der Waals surface area (Å²) in [4.78, 5) is 19.2. The van der Waals surface area contributed by atoms with Crippen LogP contribution in [-0.2, 0) is 13.1 Å². The molecule has 1 aromatic carbocycles. The third kappa shape index (κ3) is 5.37. The number of pyridine rings is 1. The first-order valence-electron chi connectivity index (χ1n) is 10.7. The average Bonchev–Trinajstić information content (AvgIpc) is 3.12. The average molecular weight is 420 g/mol. The maximum atomic E-state index is 12.5. The number of aryl methyl sites for hydroxylation is 2. The molecule has 1 aliphatic heterocycles. The molecule has 3 heterocycles. The number of carbonyl (C=O) groups is 1. The summed E-state index contributed by atoms with van der Waals surface area (Å²) in [6, 6.07) is 13.9. The minimum atomic E-state index is -0.150. The SMILES string of the molecule is Cc1cc(C)n(-c2ccc(C(=O)NCc3ccc(CN4CCC(O)CC4)cc3)cn2)n1. The van der Waals surface area contributed by atoms with Crippen LogP contribution < -0.4 is 5.32 Å². The fourth-order valence-corrected chi connectivity index (χ4v) is 3.89. The standard InChI is InChI=1S/C24H29N5O2/c1-17-13-18(2)29(27-17)23-8-7-21(15-25-23)24(31)26-14-19-3-5-20(6-4-19)16-28-11-9-22(30)10-12-28/h3-8,13,15,22,30H,9-12,14,16H2,1-2H3,(H,26,31). The van der Waals surface area contributed by atoms with E-state index in [-0.39, 0.29) is 12.0 Å². The number of aliphatic hydroxyl groups excluding tert-OH is 1. The zero-order chi connectivity index (χ0) is 21.8. The number of likely N-dealkylation sites (tertiary alicyclic amines) is 1. The maximum absolute atomic E-state index is 12.5. The Bertz CT molecular complexity index is 1020. The van der Waals surface area contributed by atoms with Gasteiger partial charge >= 0.3 is 0 Å². The fraction of sp³-hybridized carbons (Fsp3) is 0.375. The molecule has 4 rings (SSSR count). The summed E-state index contributed by atoms with van der Waals surface area (Å²) in [5.74, 6) is 0.546. The lowest BCUT2D eigenvalue weighted by molar-refractivity contribution is 0.0792. The van der Waals surface area contributed by atoms with Gasteiger partial charge in [0.2, 0.25) is 0 Å². The molecule has 7 heteroatoms. The molecule has 0 unspecified atom stereocenters. The van der Waals surface area contributed by atoms with Crippen LogP contribution in [0.3, 0.4) is 0 Å². The number of aliphatic hydroxyl groups is 1. The third-order valence-corrected chi connectivity index (χ3v) is 5.68. The highest BCUT2D eigenvalue weighted by molar-refractivity contribution is 5.93. The van der Waals surface area contributed by atoms with E-state index in [9.17, 15) is 9.90 Å². The minimum Gasteiger partial charge on any atom is -0.393 e. The summed E-state index contributed by atoms with van der Waals surface area (Å²) in [5.41, 5.74) is 4.76. The molecule has 1 aliphatic rings. The van der Waals surface area contributed by atoms with Crippen LogP contribution in [0.2, 0.25) is 0 Å². The first-order valence-corrected chi connectivity index (χ1v) is 10.7. The lowest BCUT2D eigenvalue weighted by atomic mass is 10.1. The van der Waals surface area contributed by atoms with E-state index in [0.717, 1.165) is 49.4 Å². The molecule has 1 amide bonds. The van der Waals surface area contributed by atoms with E-state index >= 15 is 0 Å². The number of hydrogen-bond donors (Lipinski definition) is 2. The quantitative estimate of drug-likeness (QED) is 0.642. The summed E-state index contributed by atoms with van der Waals surface area (Å²) in [6.45, 7) is 7.15. The van der Waals surface area contributed by atoms with Crippen molar-refractivity contribution in [2.75, 3.05) is 13.1 Å². The Morgan fingerprint density at radius 1 is 1.10 bits per heavy atom. The van der Waals surface area contributed by atoms with Crippen LogP contribution >= 0.6 is 0 Å². The Labute approximate surface area is 182 Å². The van der Waals surface area contributed by atoms with Crippen molar-refractivity contribution < 1.29 is 9.90 Å². The molecular weight excluding hydrogens is 390 g/mol. The van der Waals surface area contributed by atoms with Gasteiger partial charge in [0.1, 0.15) is 0 Å². The number of aromatic nitrogens is 3. The zero-order valence-electron chi connectivity index (χ0n) is 18.1. The van der Waals surface area contributed by atoms with Crippen LogP contribution in [0.1, 0.15) is 45.7 Å². The summed E-state index contributed by atoms with van der Waals surface area (Å²) < 4.78 is 1.77. The van der Waals surface area contributed by atoms with Gasteiger partial charge in [-0.3, -0.25) is 9.69 Å². The van der Waals surface area contributed by atoms with Crippen molar-refractivity contribution in [3.05, 3.63) is 76.7 Å². The largest absolute Gasteiger partial charge is 0.393 e. The normalized spacial score (nSPS) is 15.2. The molecule has 31 heavy (non-hydrogen) atoms. The Morgan fingerprint density at radius 3 is 2.42 bits per heavy atom. The van der Waals surface area contributed by atoms with E-state index in [1.54, 1.807) is 16.9 Å². The summed E-state index contributed by atoms with van der Waals surface area (Å²) >= 11 is 0. The highest BCUT2D eigenvalue weighted by Gasteiger charge is 2.16. The molecule has 162 valence electrons. The number of benzene rings is 1. The van der Waals surface area contributed by atoms with Crippen LogP contribution in [-0.4, -0.2) is 49.9 Å². The molecule has 0 spiro atoms. The molecule has 1 saturated heterocycles. The second-order valence-corrected chi connectivity index (χ2v) is 8.25. The van der Waals surface area contributed by atoms with Crippen molar-refractivity contribution in [3.63, 3.8) is 0 Å². The molecule has 0 atom stereocenters. The number of amides is 1. The molecule has 0 saturated carbocycles. The third-order valence-electron chi connectivity index (χ3n) is 5.68. The summed E-state index contributed by atoms with van der Waals surface area (Å²) in [7, 11) is 0. The van der Waals surface area contributed by atoms with E-state index in [4.69, 9.17) is 0 Å². The molecule has 2 N–H and O–H groups in total. The van der Waals surface area contributed by atoms with Gasteiger partial charge in [-0.2, -0.15) is 5.10 Å². The van der Waals surface area contributed by atoms with Crippen molar-refractivity contribution in [3.8, 4) is 5.82 Å². The number of piperidine rings is 1. The Kier molecular flexibility index (Phi) is 6.44. The van der Waals surface area contributed by atoms with Crippen LogP contribution in [0.25, 0.3) is 5.82 Å². The monoisotopic (exact) mass is 419 g/mol.